The highest BCUT2D eigenvalue weighted by molar-refractivity contribution is 5.83. The fourth-order valence-electron chi connectivity index (χ4n) is 2.38. The monoisotopic (exact) mass is 274 g/mol. The third kappa shape index (κ3) is 4.36. The molecular formula is C12H22N2O5. The average molecular weight is 274 g/mol. The first-order chi connectivity index (χ1) is 8.97. The van der Waals surface area contributed by atoms with Gasteiger partial charge in [0, 0.05) is 12.6 Å². The Kier molecular flexibility index (Phi) is 6.04. The van der Waals surface area contributed by atoms with Gasteiger partial charge < -0.3 is 25.5 Å². The summed E-state index contributed by atoms with van der Waals surface area (Å²) in [5, 5.41) is 29.6. The molecule has 0 aromatic carbocycles. The number of carbonyl (C=O) groups is 2. The van der Waals surface area contributed by atoms with Crippen LogP contribution in [0.15, 0.2) is 0 Å². The molecule has 7 nitrogen and oxygen atoms in total. The lowest BCUT2D eigenvalue weighted by molar-refractivity contribution is -0.141. The molecule has 0 radical (unpaired) electrons. The summed E-state index contributed by atoms with van der Waals surface area (Å²) in [6.45, 7) is 1.31. The number of aliphatic hydroxyl groups excluding tert-OH is 2. The van der Waals surface area contributed by atoms with Gasteiger partial charge >= 0.3 is 12.0 Å². The zero-order chi connectivity index (χ0) is 14.4. The molecule has 1 aliphatic carbocycles. The van der Waals surface area contributed by atoms with Gasteiger partial charge in [0.15, 0.2) is 6.04 Å². The molecule has 0 heterocycles. The topological polar surface area (TPSA) is 110 Å². The van der Waals surface area contributed by atoms with E-state index in [0.29, 0.717) is 0 Å². The second-order valence-corrected chi connectivity index (χ2v) is 4.86. The number of carboxylic acids is 1. The van der Waals surface area contributed by atoms with E-state index in [0.717, 1.165) is 25.7 Å². The molecule has 0 aromatic rings. The molecule has 1 aliphatic rings. The summed E-state index contributed by atoms with van der Waals surface area (Å²) in [5.74, 6) is -1.28. The van der Waals surface area contributed by atoms with E-state index in [2.05, 4.69) is 5.32 Å². The summed E-state index contributed by atoms with van der Waals surface area (Å²) in [6.07, 6.45) is 2.60. The summed E-state index contributed by atoms with van der Waals surface area (Å²) in [6, 6.07) is -1.85. The Labute approximate surface area is 112 Å². The zero-order valence-electron chi connectivity index (χ0n) is 11.1. The summed E-state index contributed by atoms with van der Waals surface area (Å²) >= 11 is 0. The third-order valence-electron chi connectivity index (χ3n) is 3.39. The quantitative estimate of drug-likeness (QED) is 0.534. The van der Waals surface area contributed by atoms with Gasteiger partial charge in [-0.3, -0.25) is 0 Å². The lowest BCUT2D eigenvalue weighted by Gasteiger charge is -2.30. The van der Waals surface area contributed by atoms with Crippen molar-refractivity contribution in [3.05, 3.63) is 0 Å². The van der Waals surface area contributed by atoms with Crippen LogP contribution in [-0.2, 0) is 4.79 Å². The third-order valence-corrected chi connectivity index (χ3v) is 3.39. The van der Waals surface area contributed by atoms with Gasteiger partial charge in [0.25, 0.3) is 0 Å². The van der Waals surface area contributed by atoms with Crippen molar-refractivity contribution in [3.63, 3.8) is 0 Å². The Balaban J connectivity index is 2.67. The molecule has 0 aromatic heterocycles. The van der Waals surface area contributed by atoms with E-state index in [1.165, 1.54) is 11.8 Å². The molecule has 1 saturated carbocycles. The van der Waals surface area contributed by atoms with E-state index in [9.17, 15) is 14.7 Å². The molecule has 110 valence electrons. The normalized spacial score (nSPS) is 18.9. The Bertz CT molecular complexity index is 315. The lowest BCUT2D eigenvalue weighted by atomic mass is 10.2. The Morgan fingerprint density at radius 3 is 2.37 bits per heavy atom. The van der Waals surface area contributed by atoms with Gasteiger partial charge in [-0.2, -0.15) is 0 Å². The number of carboxylic acid groups (broad SMARTS) is 1. The molecule has 0 spiro atoms. The molecule has 2 amide bonds. The lowest BCUT2D eigenvalue weighted by Crippen LogP contribution is -2.54. The van der Waals surface area contributed by atoms with Crippen LogP contribution in [0.2, 0.25) is 0 Å². The number of carbonyl (C=O) groups excluding carboxylic acids is 1. The molecule has 4 N–H and O–H groups in total. The van der Waals surface area contributed by atoms with Crippen LogP contribution in [0.25, 0.3) is 0 Å². The van der Waals surface area contributed by atoms with Crippen molar-refractivity contribution in [2.45, 2.75) is 50.8 Å². The van der Waals surface area contributed by atoms with Gasteiger partial charge in [-0.05, 0) is 19.8 Å². The molecule has 7 heteroatoms. The second kappa shape index (κ2) is 7.30. The van der Waals surface area contributed by atoms with E-state index in [4.69, 9.17) is 10.2 Å². The number of hydrogen-bond acceptors (Lipinski definition) is 4. The molecule has 1 fully saturated rings. The van der Waals surface area contributed by atoms with Crippen LogP contribution >= 0.6 is 0 Å². The largest absolute Gasteiger partial charge is 0.480 e. The predicted molar refractivity (Wildman–Crippen MR) is 67.7 cm³/mol. The van der Waals surface area contributed by atoms with E-state index in [1.54, 1.807) is 0 Å². The average Bonchev–Trinajstić information content (AvgIpc) is 2.85. The minimum Gasteiger partial charge on any atom is -0.480 e. The van der Waals surface area contributed by atoms with Crippen molar-refractivity contribution in [2.75, 3.05) is 13.2 Å². The number of rotatable bonds is 6. The van der Waals surface area contributed by atoms with Gasteiger partial charge in [-0.1, -0.05) is 12.8 Å². The highest BCUT2D eigenvalue weighted by atomic mass is 16.4. The zero-order valence-corrected chi connectivity index (χ0v) is 11.1. The van der Waals surface area contributed by atoms with Crippen molar-refractivity contribution in [1.82, 2.24) is 10.2 Å². The summed E-state index contributed by atoms with van der Waals surface area (Å²) in [4.78, 5) is 24.5. The van der Waals surface area contributed by atoms with Crippen molar-refractivity contribution < 1.29 is 24.9 Å². The van der Waals surface area contributed by atoms with E-state index in [-0.39, 0.29) is 19.2 Å². The minimum absolute atomic E-state index is 0.0376. The summed E-state index contributed by atoms with van der Waals surface area (Å²) in [5.41, 5.74) is 0. The van der Waals surface area contributed by atoms with Crippen molar-refractivity contribution in [3.8, 4) is 0 Å². The summed E-state index contributed by atoms with van der Waals surface area (Å²) in [7, 11) is 0. The molecule has 19 heavy (non-hydrogen) atoms. The van der Waals surface area contributed by atoms with Gasteiger partial charge in [0.05, 0.1) is 12.7 Å². The number of aliphatic carboxylic acids is 1. The van der Waals surface area contributed by atoms with Crippen LogP contribution in [0.5, 0.6) is 0 Å². The van der Waals surface area contributed by atoms with Crippen LogP contribution in [0, 0.1) is 0 Å². The number of nitrogens with one attached hydrogen (secondary N) is 1. The van der Waals surface area contributed by atoms with Crippen LogP contribution in [0.3, 0.4) is 0 Å². The molecule has 0 aliphatic heterocycles. The van der Waals surface area contributed by atoms with E-state index < -0.39 is 24.1 Å². The van der Waals surface area contributed by atoms with Crippen LogP contribution in [0.4, 0.5) is 4.79 Å². The fraction of sp³-hybridized carbons (Fsp3) is 0.833. The Morgan fingerprint density at radius 1 is 1.37 bits per heavy atom. The predicted octanol–water partition coefficient (Wildman–Crippen LogP) is -0.233. The molecule has 2 atom stereocenters. The number of amides is 2. The van der Waals surface area contributed by atoms with Crippen molar-refractivity contribution in [1.29, 1.82) is 0 Å². The number of nitrogens with zero attached hydrogens (tertiary/aromatic N) is 1. The number of hydrogen-bond donors (Lipinski definition) is 4. The maximum atomic E-state index is 12.1. The first-order valence-corrected chi connectivity index (χ1v) is 6.56. The number of aliphatic hydroxyl groups is 2. The van der Waals surface area contributed by atoms with Gasteiger partial charge in [0.1, 0.15) is 0 Å². The van der Waals surface area contributed by atoms with Crippen LogP contribution in [0.1, 0.15) is 32.6 Å². The fourth-order valence-corrected chi connectivity index (χ4v) is 2.38. The van der Waals surface area contributed by atoms with Crippen LogP contribution in [-0.4, -0.2) is 63.6 Å². The molecule has 0 bridgehead atoms. The first-order valence-electron chi connectivity index (χ1n) is 6.56. The second-order valence-electron chi connectivity index (χ2n) is 4.86. The molecule has 1 rings (SSSR count). The minimum atomic E-state index is -1.34. The SMILES string of the molecule is CC(O)C(NC(=O)N(CCO)C1CCCC1)C(=O)O. The van der Waals surface area contributed by atoms with E-state index in [1.807, 2.05) is 0 Å². The van der Waals surface area contributed by atoms with E-state index >= 15 is 0 Å². The smallest absolute Gasteiger partial charge is 0.328 e. The van der Waals surface area contributed by atoms with Crippen LogP contribution < -0.4 is 5.32 Å². The maximum Gasteiger partial charge on any atom is 0.328 e. The van der Waals surface area contributed by atoms with Gasteiger partial charge in [0.2, 0.25) is 0 Å². The van der Waals surface area contributed by atoms with Crippen molar-refractivity contribution in [2.24, 2.45) is 0 Å². The Hall–Kier alpha value is -1.34. The van der Waals surface area contributed by atoms with Gasteiger partial charge in [-0.15, -0.1) is 0 Å². The molecular weight excluding hydrogens is 252 g/mol. The Morgan fingerprint density at radius 2 is 1.95 bits per heavy atom. The maximum absolute atomic E-state index is 12.1. The summed E-state index contributed by atoms with van der Waals surface area (Å²) < 4.78 is 0. The molecule has 0 saturated heterocycles. The van der Waals surface area contributed by atoms with Crippen molar-refractivity contribution >= 4 is 12.0 Å². The first kappa shape index (κ1) is 15.7. The standard InChI is InChI=1S/C12H22N2O5/c1-8(16)10(11(17)18)13-12(19)14(6-7-15)9-4-2-3-5-9/h8-10,15-16H,2-7H2,1H3,(H,13,19)(H,17,18). The highest BCUT2D eigenvalue weighted by Crippen LogP contribution is 2.23. The number of urea groups is 1. The highest BCUT2D eigenvalue weighted by Gasteiger charge is 2.31. The van der Waals surface area contributed by atoms with Gasteiger partial charge in [-0.25, -0.2) is 9.59 Å². The molecule has 2 unspecified atom stereocenters.